The number of aromatic nitrogens is 2. The molecule has 0 saturated heterocycles. The van der Waals surface area contributed by atoms with Gasteiger partial charge in [-0.1, -0.05) is 6.42 Å². The fourth-order valence-electron chi connectivity index (χ4n) is 1.85. The molecule has 1 heterocycles. The second-order valence-corrected chi connectivity index (χ2v) is 5.62. The van der Waals surface area contributed by atoms with E-state index in [0.717, 1.165) is 16.5 Å². The molecular weight excluding hydrogens is 324 g/mol. The summed E-state index contributed by atoms with van der Waals surface area (Å²) in [5.74, 6) is 1.26. The molecule has 82 valence electrons. The molecule has 0 spiro atoms. The first-order valence-electron chi connectivity index (χ1n) is 5.11. The van der Waals surface area contributed by atoms with Gasteiger partial charge in [-0.25, -0.2) is 9.97 Å². The van der Waals surface area contributed by atoms with E-state index in [1.165, 1.54) is 12.8 Å². The van der Waals surface area contributed by atoms with Gasteiger partial charge < -0.3 is 5.32 Å². The number of halogens is 2. The topological polar surface area (TPSA) is 37.8 Å². The normalized spacial score (nSPS) is 25.5. The minimum atomic E-state index is 0.321. The molecule has 0 aliphatic heterocycles. The minimum absolute atomic E-state index is 0.321. The van der Waals surface area contributed by atoms with Crippen molar-refractivity contribution in [1.82, 2.24) is 9.97 Å². The molecule has 2 unspecified atom stereocenters. The molecule has 1 N–H and O–H groups in total. The van der Waals surface area contributed by atoms with Crippen LogP contribution in [0.3, 0.4) is 0 Å². The molecule has 0 radical (unpaired) electrons. The maximum atomic E-state index is 6.19. The van der Waals surface area contributed by atoms with E-state index in [4.69, 9.17) is 11.6 Å². The second-order valence-electron chi connectivity index (χ2n) is 3.81. The molecule has 1 aromatic heterocycles. The van der Waals surface area contributed by atoms with Crippen molar-refractivity contribution in [2.24, 2.45) is 5.92 Å². The largest absolute Gasteiger partial charge is 0.354 e. The van der Waals surface area contributed by atoms with E-state index < -0.39 is 0 Å². The fourth-order valence-corrected chi connectivity index (χ4v) is 2.50. The lowest BCUT2D eigenvalue weighted by Crippen LogP contribution is -2.19. The Morgan fingerprint density at radius 1 is 1.40 bits per heavy atom. The zero-order valence-corrected chi connectivity index (χ0v) is 11.2. The van der Waals surface area contributed by atoms with Crippen molar-refractivity contribution in [1.29, 1.82) is 0 Å². The van der Waals surface area contributed by atoms with Crippen LogP contribution in [-0.2, 0) is 0 Å². The highest BCUT2D eigenvalue weighted by molar-refractivity contribution is 14.1. The summed E-state index contributed by atoms with van der Waals surface area (Å²) >= 11 is 8.38. The molecule has 2 atom stereocenters. The zero-order chi connectivity index (χ0) is 10.7. The Morgan fingerprint density at radius 2 is 2.13 bits per heavy atom. The van der Waals surface area contributed by atoms with Gasteiger partial charge in [0.2, 0.25) is 5.95 Å². The number of anilines is 1. The van der Waals surface area contributed by atoms with Crippen LogP contribution in [0.15, 0.2) is 12.4 Å². The number of rotatable bonds is 3. The van der Waals surface area contributed by atoms with Crippen molar-refractivity contribution in [3.63, 3.8) is 0 Å². The summed E-state index contributed by atoms with van der Waals surface area (Å²) < 4.78 is 1.05. The lowest BCUT2D eigenvalue weighted by atomic mass is 10.1. The van der Waals surface area contributed by atoms with Crippen LogP contribution in [0.5, 0.6) is 0 Å². The highest BCUT2D eigenvalue weighted by atomic mass is 127. The van der Waals surface area contributed by atoms with Crippen LogP contribution >= 0.6 is 34.2 Å². The third-order valence-electron chi connectivity index (χ3n) is 2.71. The first kappa shape index (κ1) is 11.4. The average Bonchev–Trinajstić information content (AvgIpc) is 2.63. The first-order valence-corrected chi connectivity index (χ1v) is 6.62. The number of alkyl halides is 1. The molecule has 1 aromatic rings. The van der Waals surface area contributed by atoms with Crippen molar-refractivity contribution in [2.45, 2.75) is 24.6 Å². The Bertz CT molecular complexity index is 317. The third kappa shape index (κ3) is 3.17. The monoisotopic (exact) mass is 337 g/mol. The molecule has 3 nitrogen and oxygen atoms in total. The van der Waals surface area contributed by atoms with Crippen LogP contribution in [0, 0.1) is 9.49 Å². The van der Waals surface area contributed by atoms with Crippen LogP contribution in [0.2, 0.25) is 0 Å². The molecule has 1 saturated carbocycles. The number of nitrogens with zero attached hydrogens (tertiary/aromatic N) is 2. The van der Waals surface area contributed by atoms with Gasteiger partial charge >= 0.3 is 0 Å². The van der Waals surface area contributed by atoms with Crippen molar-refractivity contribution in [3.8, 4) is 0 Å². The second kappa shape index (κ2) is 5.30. The lowest BCUT2D eigenvalue weighted by molar-refractivity contribution is 0.584. The van der Waals surface area contributed by atoms with Crippen molar-refractivity contribution in [2.75, 3.05) is 11.9 Å². The van der Waals surface area contributed by atoms with E-state index in [2.05, 4.69) is 37.9 Å². The molecule has 5 heteroatoms. The predicted octanol–water partition coefficient (Wildman–Crippen LogP) is 2.90. The van der Waals surface area contributed by atoms with Gasteiger partial charge in [-0.05, 0) is 41.4 Å². The van der Waals surface area contributed by atoms with Gasteiger partial charge in [-0.3, -0.25) is 0 Å². The van der Waals surface area contributed by atoms with E-state index in [0.29, 0.717) is 17.2 Å². The van der Waals surface area contributed by atoms with Crippen LogP contribution < -0.4 is 5.32 Å². The summed E-state index contributed by atoms with van der Waals surface area (Å²) in [7, 11) is 0. The standard InChI is InChI=1S/C10H13ClIN3/c11-9-3-1-2-7(9)4-13-10-14-5-8(12)6-15-10/h5-7,9H,1-4H2,(H,13,14,15). The van der Waals surface area contributed by atoms with Crippen molar-refractivity contribution < 1.29 is 0 Å². The van der Waals surface area contributed by atoms with Gasteiger partial charge in [0.15, 0.2) is 0 Å². The van der Waals surface area contributed by atoms with Crippen molar-refractivity contribution >= 4 is 40.1 Å². The summed E-state index contributed by atoms with van der Waals surface area (Å²) in [5.41, 5.74) is 0. The summed E-state index contributed by atoms with van der Waals surface area (Å²) in [4.78, 5) is 8.38. The molecule has 0 amide bonds. The average molecular weight is 338 g/mol. The molecular formula is C10H13ClIN3. The number of hydrogen-bond acceptors (Lipinski definition) is 3. The van der Waals surface area contributed by atoms with Gasteiger partial charge in [0.05, 0.1) is 0 Å². The van der Waals surface area contributed by atoms with Gasteiger partial charge in [0, 0.05) is 27.9 Å². The fraction of sp³-hybridized carbons (Fsp3) is 0.600. The summed E-state index contributed by atoms with van der Waals surface area (Å²) in [5, 5.41) is 3.55. The van der Waals surface area contributed by atoms with Gasteiger partial charge in [-0.15, -0.1) is 11.6 Å². The van der Waals surface area contributed by atoms with Crippen LogP contribution in [0.4, 0.5) is 5.95 Å². The molecule has 15 heavy (non-hydrogen) atoms. The zero-order valence-electron chi connectivity index (χ0n) is 8.29. The SMILES string of the molecule is ClC1CCCC1CNc1ncc(I)cn1. The summed E-state index contributed by atoms with van der Waals surface area (Å²) in [6.07, 6.45) is 7.21. The Morgan fingerprint density at radius 3 is 2.73 bits per heavy atom. The quantitative estimate of drug-likeness (QED) is 0.681. The lowest BCUT2D eigenvalue weighted by Gasteiger charge is -2.13. The molecule has 1 aliphatic carbocycles. The molecule has 2 rings (SSSR count). The molecule has 1 aliphatic rings. The summed E-state index contributed by atoms with van der Waals surface area (Å²) in [6.45, 7) is 0.884. The van der Waals surface area contributed by atoms with E-state index >= 15 is 0 Å². The molecule has 0 bridgehead atoms. The maximum absolute atomic E-state index is 6.19. The Labute approximate surface area is 108 Å². The minimum Gasteiger partial charge on any atom is -0.354 e. The number of nitrogens with one attached hydrogen (secondary N) is 1. The first-order chi connectivity index (χ1) is 7.25. The van der Waals surface area contributed by atoms with Crippen molar-refractivity contribution in [3.05, 3.63) is 16.0 Å². The van der Waals surface area contributed by atoms with Crippen LogP contribution in [0.25, 0.3) is 0 Å². The highest BCUT2D eigenvalue weighted by Crippen LogP contribution is 2.29. The van der Waals surface area contributed by atoms with Crippen LogP contribution in [0.1, 0.15) is 19.3 Å². The maximum Gasteiger partial charge on any atom is 0.222 e. The van der Waals surface area contributed by atoms with Crippen LogP contribution in [-0.4, -0.2) is 21.9 Å². The van der Waals surface area contributed by atoms with E-state index in [1.54, 1.807) is 0 Å². The van der Waals surface area contributed by atoms with Gasteiger partial charge in [-0.2, -0.15) is 0 Å². The highest BCUT2D eigenvalue weighted by Gasteiger charge is 2.24. The van der Waals surface area contributed by atoms with E-state index in [9.17, 15) is 0 Å². The predicted molar refractivity (Wildman–Crippen MR) is 70.2 cm³/mol. The Kier molecular flexibility index (Phi) is 4.02. The number of hydrogen-bond donors (Lipinski definition) is 1. The van der Waals surface area contributed by atoms with Gasteiger partial charge in [0.1, 0.15) is 0 Å². The molecule has 0 aromatic carbocycles. The smallest absolute Gasteiger partial charge is 0.222 e. The molecule has 1 fully saturated rings. The Hall–Kier alpha value is -0.100. The summed E-state index contributed by atoms with van der Waals surface area (Å²) in [6, 6.07) is 0. The van der Waals surface area contributed by atoms with Gasteiger partial charge in [0.25, 0.3) is 0 Å². The van der Waals surface area contributed by atoms with E-state index in [-0.39, 0.29) is 0 Å². The van der Waals surface area contributed by atoms with E-state index in [1.807, 2.05) is 12.4 Å². The third-order valence-corrected chi connectivity index (χ3v) is 3.84. The Balaban J connectivity index is 1.85.